The van der Waals surface area contributed by atoms with Crippen molar-refractivity contribution in [2.45, 2.75) is 33.7 Å². The maximum Gasteiger partial charge on any atom is 0.251 e. The molecule has 0 bridgehead atoms. The number of aliphatic hydroxyl groups is 1. The third-order valence-corrected chi connectivity index (χ3v) is 3.89. The van der Waals surface area contributed by atoms with E-state index in [0.717, 1.165) is 22.2 Å². The van der Waals surface area contributed by atoms with Gasteiger partial charge in [0, 0.05) is 22.2 Å². The number of H-pyrrole nitrogens is 1. The molecule has 1 heterocycles. The number of rotatable bonds is 4. The van der Waals surface area contributed by atoms with Crippen LogP contribution in [0.4, 0.5) is 0 Å². The molecular formula is C16H22N2O2. The molecule has 20 heavy (non-hydrogen) atoms. The van der Waals surface area contributed by atoms with Crippen LogP contribution >= 0.6 is 0 Å². The van der Waals surface area contributed by atoms with Crippen LogP contribution in [0.15, 0.2) is 18.2 Å². The summed E-state index contributed by atoms with van der Waals surface area (Å²) in [6.45, 7) is 7.97. The minimum Gasteiger partial charge on any atom is -0.394 e. The lowest BCUT2D eigenvalue weighted by atomic mass is 10.0. The van der Waals surface area contributed by atoms with Gasteiger partial charge < -0.3 is 15.4 Å². The molecule has 1 atom stereocenters. The molecule has 0 saturated heterocycles. The molecular weight excluding hydrogens is 252 g/mol. The van der Waals surface area contributed by atoms with Gasteiger partial charge in [0.15, 0.2) is 0 Å². The summed E-state index contributed by atoms with van der Waals surface area (Å²) in [7, 11) is 0. The number of hydrogen-bond donors (Lipinski definition) is 3. The van der Waals surface area contributed by atoms with Crippen LogP contribution in [0.1, 0.15) is 35.5 Å². The van der Waals surface area contributed by atoms with Gasteiger partial charge in [-0.15, -0.1) is 0 Å². The zero-order chi connectivity index (χ0) is 14.9. The number of nitrogens with one attached hydrogen (secondary N) is 2. The minimum absolute atomic E-state index is 0.0477. The highest BCUT2D eigenvalue weighted by molar-refractivity contribution is 5.99. The number of aromatic nitrogens is 1. The highest BCUT2D eigenvalue weighted by Crippen LogP contribution is 2.22. The van der Waals surface area contributed by atoms with Crippen LogP contribution in [-0.4, -0.2) is 28.6 Å². The third-order valence-electron chi connectivity index (χ3n) is 3.89. The average molecular weight is 274 g/mol. The van der Waals surface area contributed by atoms with Gasteiger partial charge in [-0.05, 0) is 43.5 Å². The fourth-order valence-corrected chi connectivity index (χ4v) is 2.28. The number of carbonyl (C=O) groups excluding carboxylic acids is 1. The summed E-state index contributed by atoms with van der Waals surface area (Å²) in [5.74, 6) is 0.0572. The summed E-state index contributed by atoms with van der Waals surface area (Å²) < 4.78 is 0. The Morgan fingerprint density at radius 1 is 1.35 bits per heavy atom. The molecule has 1 unspecified atom stereocenters. The Balaban J connectivity index is 2.28. The molecule has 3 N–H and O–H groups in total. The van der Waals surface area contributed by atoms with Crippen molar-refractivity contribution in [2.75, 3.05) is 6.61 Å². The summed E-state index contributed by atoms with van der Waals surface area (Å²) in [6.07, 6.45) is 0. The monoisotopic (exact) mass is 274 g/mol. The number of benzene rings is 1. The van der Waals surface area contributed by atoms with E-state index >= 15 is 0 Å². The molecule has 108 valence electrons. The number of aromatic amines is 1. The summed E-state index contributed by atoms with van der Waals surface area (Å²) in [5, 5.41) is 13.2. The molecule has 1 aromatic heterocycles. The molecule has 1 amide bonds. The first-order chi connectivity index (χ1) is 9.43. The van der Waals surface area contributed by atoms with Gasteiger partial charge in [0.1, 0.15) is 0 Å². The summed E-state index contributed by atoms with van der Waals surface area (Å²) in [4.78, 5) is 15.5. The topological polar surface area (TPSA) is 65.1 Å². The molecule has 0 aliphatic rings. The first-order valence-corrected chi connectivity index (χ1v) is 6.94. The van der Waals surface area contributed by atoms with Crippen molar-refractivity contribution in [1.82, 2.24) is 10.3 Å². The maximum atomic E-state index is 12.2. The standard InChI is InChI=1S/C16H22N2O2/c1-9(2)15(8-19)18-16(20)12-5-6-14-13(7-12)10(3)11(4)17-14/h5-7,9,15,17,19H,8H2,1-4H3,(H,18,20). The molecule has 4 heteroatoms. The van der Waals surface area contributed by atoms with Gasteiger partial charge in [-0.2, -0.15) is 0 Å². The SMILES string of the molecule is Cc1[nH]c2ccc(C(=O)NC(CO)C(C)C)cc2c1C. The Morgan fingerprint density at radius 3 is 2.65 bits per heavy atom. The Morgan fingerprint density at radius 2 is 2.05 bits per heavy atom. The summed E-state index contributed by atoms with van der Waals surface area (Å²) >= 11 is 0. The van der Waals surface area contributed by atoms with Crippen LogP contribution in [0.5, 0.6) is 0 Å². The lowest BCUT2D eigenvalue weighted by Crippen LogP contribution is -2.41. The van der Waals surface area contributed by atoms with E-state index in [2.05, 4.69) is 10.3 Å². The molecule has 2 rings (SSSR count). The van der Waals surface area contributed by atoms with Crippen LogP contribution in [0.3, 0.4) is 0 Å². The van der Waals surface area contributed by atoms with Crippen molar-refractivity contribution in [3.05, 3.63) is 35.0 Å². The molecule has 0 fully saturated rings. The van der Waals surface area contributed by atoms with E-state index in [0.29, 0.717) is 5.56 Å². The highest BCUT2D eigenvalue weighted by Gasteiger charge is 2.17. The predicted molar refractivity (Wildman–Crippen MR) is 81.0 cm³/mol. The Kier molecular flexibility index (Phi) is 4.14. The number of aliphatic hydroxyl groups excluding tert-OH is 1. The minimum atomic E-state index is -0.216. The number of amides is 1. The van der Waals surface area contributed by atoms with Gasteiger partial charge in [0.25, 0.3) is 5.91 Å². The number of aryl methyl sites for hydroxylation is 2. The molecule has 0 aliphatic heterocycles. The van der Waals surface area contributed by atoms with Gasteiger partial charge in [-0.25, -0.2) is 0 Å². The Labute approximate surface area is 119 Å². The second-order valence-corrected chi connectivity index (χ2v) is 5.64. The normalized spacial score (nSPS) is 12.9. The van der Waals surface area contributed by atoms with Gasteiger partial charge in [0.2, 0.25) is 0 Å². The van der Waals surface area contributed by atoms with Crippen molar-refractivity contribution in [2.24, 2.45) is 5.92 Å². The first-order valence-electron chi connectivity index (χ1n) is 6.94. The highest BCUT2D eigenvalue weighted by atomic mass is 16.3. The van der Waals surface area contributed by atoms with E-state index in [1.807, 2.05) is 45.9 Å². The van der Waals surface area contributed by atoms with E-state index in [9.17, 15) is 9.90 Å². The van der Waals surface area contributed by atoms with E-state index in [1.165, 1.54) is 0 Å². The number of carbonyl (C=O) groups is 1. The fourth-order valence-electron chi connectivity index (χ4n) is 2.28. The quantitative estimate of drug-likeness (QED) is 0.802. The molecule has 0 saturated carbocycles. The van der Waals surface area contributed by atoms with E-state index in [1.54, 1.807) is 0 Å². The van der Waals surface area contributed by atoms with Crippen molar-refractivity contribution in [3.8, 4) is 0 Å². The van der Waals surface area contributed by atoms with E-state index in [4.69, 9.17) is 0 Å². The molecule has 0 aliphatic carbocycles. The molecule has 2 aromatic rings. The lowest BCUT2D eigenvalue weighted by Gasteiger charge is -2.19. The zero-order valence-corrected chi connectivity index (χ0v) is 12.4. The fraction of sp³-hybridized carbons (Fsp3) is 0.438. The molecule has 0 spiro atoms. The maximum absolute atomic E-state index is 12.2. The summed E-state index contributed by atoms with van der Waals surface area (Å²) in [5.41, 5.74) is 3.95. The van der Waals surface area contributed by atoms with Crippen molar-refractivity contribution < 1.29 is 9.90 Å². The van der Waals surface area contributed by atoms with Crippen LogP contribution in [-0.2, 0) is 0 Å². The average Bonchev–Trinajstić information content (AvgIpc) is 2.70. The second-order valence-electron chi connectivity index (χ2n) is 5.64. The zero-order valence-electron chi connectivity index (χ0n) is 12.4. The van der Waals surface area contributed by atoms with E-state index in [-0.39, 0.29) is 24.5 Å². The molecule has 4 nitrogen and oxygen atoms in total. The lowest BCUT2D eigenvalue weighted by molar-refractivity contribution is 0.0897. The van der Waals surface area contributed by atoms with Crippen molar-refractivity contribution in [3.63, 3.8) is 0 Å². The van der Waals surface area contributed by atoms with Crippen LogP contribution in [0.25, 0.3) is 10.9 Å². The Bertz CT molecular complexity index is 629. The van der Waals surface area contributed by atoms with Crippen LogP contribution in [0, 0.1) is 19.8 Å². The number of hydrogen-bond acceptors (Lipinski definition) is 2. The summed E-state index contributed by atoms with van der Waals surface area (Å²) in [6, 6.07) is 5.42. The second kappa shape index (κ2) is 5.67. The number of fused-ring (bicyclic) bond motifs is 1. The van der Waals surface area contributed by atoms with Crippen LogP contribution in [0.2, 0.25) is 0 Å². The van der Waals surface area contributed by atoms with Gasteiger partial charge in [-0.3, -0.25) is 4.79 Å². The van der Waals surface area contributed by atoms with Crippen LogP contribution < -0.4 is 5.32 Å². The van der Waals surface area contributed by atoms with Gasteiger partial charge in [-0.1, -0.05) is 13.8 Å². The van der Waals surface area contributed by atoms with Gasteiger partial charge >= 0.3 is 0 Å². The van der Waals surface area contributed by atoms with Gasteiger partial charge in [0.05, 0.1) is 12.6 Å². The van der Waals surface area contributed by atoms with Crippen molar-refractivity contribution in [1.29, 1.82) is 0 Å². The van der Waals surface area contributed by atoms with E-state index < -0.39 is 0 Å². The largest absolute Gasteiger partial charge is 0.394 e. The third kappa shape index (κ3) is 2.70. The molecule has 0 radical (unpaired) electrons. The first kappa shape index (κ1) is 14.6. The Hall–Kier alpha value is -1.81. The smallest absolute Gasteiger partial charge is 0.251 e. The molecule has 1 aromatic carbocycles. The predicted octanol–water partition coefficient (Wildman–Crippen LogP) is 2.53. The van der Waals surface area contributed by atoms with Crippen molar-refractivity contribution >= 4 is 16.8 Å².